The van der Waals surface area contributed by atoms with Crippen LogP contribution < -0.4 is 10.6 Å². The van der Waals surface area contributed by atoms with E-state index in [2.05, 4.69) is 0 Å². The van der Waals surface area contributed by atoms with Gasteiger partial charge >= 0.3 is 6.03 Å². The first-order valence-electron chi connectivity index (χ1n) is 5.01. The Hall–Kier alpha value is -2.43. The van der Waals surface area contributed by atoms with Crippen molar-refractivity contribution in [3.05, 3.63) is 41.0 Å². The lowest BCUT2D eigenvalue weighted by Gasteiger charge is -2.13. The summed E-state index contributed by atoms with van der Waals surface area (Å²) in [4.78, 5) is 33.7. The third-order valence-corrected chi connectivity index (χ3v) is 2.30. The summed E-state index contributed by atoms with van der Waals surface area (Å²) in [6.07, 6.45) is 1.45. The average molecular weight is 230 g/mol. The lowest BCUT2D eigenvalue weighted by Crippen LogP contribution is -2.51. The Labute approximate surface area is 97.5 Å². The molecule has 4 amide bonds. The summed E-state index contributed by atoms with van der Waals surface area (Å²) in [5, 5.41) is 4.03. The van der Waals surface area contributed by atoms with Gasteiger partial charge < -0.3 is 0 Å². The van der Waals surface area contributed by atoms with Gasteiger partial charge in [-0.15, -0.1) is 0 Å². The van der Waals surface area contributed by atoms with Crippen molar-refractivity contribution in [3.8, 4) is 0 Å². The molecule has 17 heavy (non-hydrogen) atoms. The van der Waals surface area contributed by atoms with Crippen LogP contribution in [0.3, 0.4) is 0 Å². The maximum absolute atomic E-state index is 11.4. The molecule has 0 unspecified atom stereocenters. The van der Waals surface area contributed by atoms with Crippen LogP contribution in [0.5, 0.6) is 0 Å². The van der Waals surface area contributed by atoms with E-state index in [0.29, 0.717) is 0 Å². The molecule has 0 aliphatic carbocycles. The Morgan fingerprint density at radius 1 is 1.06 bits per heavy atom. The van der Waals surface area contributed by atoms with Crippen molar-refractivity contribution < 1.29 is 14.4 Å². The van der Waals surface area contributed by atoms with E-state index in [9.17, 15) is 14.4 Å². The predicted molar refractivity (Wildman–Crippen MR) is 60.8 cm³/mol. The number of benzene rings is 1. The second kappa shape index (κ2) is 4.21. The second-order valence-corrected chi connectivity index (χ2v) is 3.71. The fourth-order valence-corrected chi connectivity index (χ4v) is 1.53. The molecule has 1 aromatic carbocycles. The van der Waals surface area contributed by atoms with Crippen LogP contribution in [0.15, 0.2) is 29.8 Å². The zero-order valence-corrected chi connectivity index (χ0v) is 9.11. The number of carbonyl (C=O) groups is 3. The normalized spacial score (nSPS) is 15.4. The molecule has 0 aromatic heterocycles. The molecule has 2 rings (SSSR count). The van der Waals surface area contributed by atoms with Crippen LogP contribution in [0.2, 0.25) is 0 Å². The van der Waals surface area contributed by atoms with Gasteiger partial charge in [-0.2, -0.15) is 0 Å². The number of nitrogens with one attached hydrogen (secondary N) is 2. The standard InChI is InChI=1S/C12H10N2O3/c1-7-3-2-4-8(5-7)6-9-10(15)13-12(17)14-11(9)16/h2-6H,1H3,(H2,13,14,15,16,17). The van der Waals surface area contributed by atoms with E-state index < -0.39 is 17.8 Å². The van der Waals surface area contributed by atoms with Gasteiger partial charge in [0.1, 0.15) is 5.57 Å². The number of hydrogen-bond acceptors (Lipinski definition) is 3. The van der Waals surface area contributed by atoms with Crippen molar-refractivity contribution in [3.63, 3.8) is 0 Å². The number of urea groups is 1. The zero-order valence-electron chi connectivity index (χ0n) is 9.11. The van der Waals surface area contributed by atoms with E-state index >= 15 is 0 Å². The summed E-state index contributed by atoms with van der Waals surface area (Å²) in [5.74, 6) is -1.36. The SMILES string of the molecule is Cc1cccc(C=C2C(=O)NC(=O)NC2=O)c1. The number of hydrogen-bond donors (Lipinski definition) is 2. The van der Waals surface area contributed by atoms with Crippen molar-refractivity contribution in [1.82, 2.24) is 10.6 Å². The van der Waals surface area contributed by atoms with Crippen molar-refractivity contribution in [2.24, 2.45) is 0 Å². The molecule has 0 atom stereocenters. The molecular formula is C12H10N2O3. The second-order valence-electron chi connectivity index (χ2n) is 3.71. The van der Waals surface area contributed by atoms with Gasteiger partial charge in [0.15, 0.2) is 0 Å². The van der Waals surface area contributed by atoms with E-state index in [1.54, 1.807) is 6.07 Å². The number of amides is 4. The number of carbonyl (C=O) groups excluding carboxylic acids is 3. The molecule has 1 aliphatic heterocycles. The van der Waals surface area contributed by atoms with Crippen molar-refractivity contribution >= 4 is 23.9 Å². The van der Waals surface area contributed by atoms with E-state index in [1.807, 2.05) is 35.8 Å². The fraction of sp³-hybridized carbons (Fsp3) is 0.0833. The Balaban J connectivity index is 2.36. The molecule has 86 valence electrons. The Bertz CT molecular complexity index is 524. The predicted octanol–water partition coefficient (Wildman–Crippen LogP) is 0.744. The van der Waals surface area contributed by atoms with Crippen LogP contribution in [0.1, 0.15) is 11.1 Å². The number of aryl methyl sites for hydroxylation is 1. The van der Waals surface area contributed by atoms with Gasteiger partial charge in [0.05, 0.1) is 0 Å². The van der Waals surface area contributed by atoms with Gasteiger partial charge in [0, 0.05) is 0 Å². The minimum Gasteiger partial charge on any atom is -0.273 e. The van der Waals surface area contributed by atoms with Crippen LogP contribution >= 0.6 is 0 Å². The molecule has 1 aliphatic rings. The summed E-state index contributed by atoms with van der Waals surface area (Å²) in [5.41, 5.74) is 1.68. The van der Waals surface area contributed by atoms with Crippen molar-refractivity contribution in [1.29, 1.82) is 0 Å². The molecule has 1 saturated heterocycles. The highest BCUT2D eigenvalue weighted by molar-refractivity contribution is 6.31. The molecule has 0 bridgehead atoms. The first kappa shape index (κ1) is 11.1. The van der Waals surface area contributed by atoms with Gasteiger partial charge in [-0.25, -0.2) is 4.79 Å². The first-order valence-corrected chi connectivity index (χ1v) is 5.01. The highest BCUT2D eigenvalue weighted by Gasteiger charge is 2.27. The molecule has 5 nitrogen and oxygen atoms in total. The van der Waals surface area contributed by atoms with Gasteiger partial charge in [-0.3, -0.25) is 20.2 Å². The van der Waals surface area contributed by atoms with E-state index in [4.69, 9.17) is 0 Å². The largest absolute Gasteiger partial charge is 0.328 e. The summed E-state index contributed by atoms with van der Waals surface area (Å²) >= 11 is 0. The molecule has 0 radical (unpaired) electrons. The van der Waals surface area contributed by atoms with Gasteiger partial charge in [-0.1, -0.05) is 29.8 Å². The van der Waals surface area contributed by atoms with Crippen LogP contribution in [-0.2, 0) is 9.59 Å². The minimum absolute atomic E-state index is 0.0739. The smallest absolute Gasteiger partial charge is 0.273 e. The topological polar surface area (TPSA) is 75.3 Å². The zero-order chi connectivity index (χ0) is 12.4. The molecule has 1 aromatic rings. The van der Waals surface area contributed by atoms with E-state index in [-0.39, 0.29) is 5.57 Å². The summed E-state index contributed by atoms with van der Waals surface area (Å²) in [6, 6.07) is 6.56. The van der Waals surface area contributed by atoms with E-state index in [0.717, 1.165) is 11.1 Å². The van der Waals surface area contributed by atoms with E-state index in [1.165, 1.54) is 6.08 Å². The molecule has 1 heterocycles. The molecule has 1 fully saturated rings. The summed E-state index contributed by atoms with van der Waals surface area (Å²) in [7, 11) is 0. The fourth-order valence-electron chi connectivity index (χ4n) is 1.53. The highest BCUT2D eigenvalue weighted by Crippen LogP contribution is 2.11. The monoisotopic (exact) mass is 230 g/mol. The maximum Gasteiger partial charge on any atom is 0.328 e. The molecule has 0 spiro atoms. The van der Waals surface area contributed by atoms with Crippen LogP contribution in [0, 0.1) is 6.92 Å². The van der Waals surface area contributed by atoms with Gasteiger partial charge in [0.2, 0.25) is 0 Å². The molecule has 5 heteroatoms. The average Bonchev–Trinajstić information content (AvgIpc) is 2.23. The van der Waals surface area contributed by atoms with Gasteiger partial charge in [0.25, 0.3) is 11.8 Å². The van der Waals surface area contributed by atoms with Crippen LogP contribution in [0.4, 0.5) is 4.79 Å². The van der Waals surface area contributed by atoms with Gasteiger partial charge in [-0.05, 0) is 18.6 Å². The Morgan fingerprint density at radius 2 is 1.71 bits per heavy atom. The number of rotatable bonds is 1. The highest BCUT2D eigenvalue weighted by atomic mass is 16.2. The minimum atomic E-state index is -0.790. The molecular weight excluding hydrogens is 220 g/mol. The van der Waals surface area contributed by atoms with Crippen molar-refractivity contribution in [2.45, 2.75) is 6.92 Å². The van der Waals surface area contributed by atoms with Crippen LogP contribution in [-0.4, -0.2) is 17.8 Å². The lowest BCUT2D eigenvalue weighted by atomic mass is 10.1. The summed E-state index contributed by atoms with van der Waals surface area (Å²) in [6.45, 7) is 1.91. The number of barbiturate groups is 1. The van der Waals surface area contributed by atoms with Crippen molar-refractivity contribution in [2.75, 3.05) is 0 Å². The Kier molecular flexibility index (Phi) is 2.74. The quantitative estimate of drug-likeness (QED) is 0.552. The lowest BCUT2D eigenvalue weighted by molar-refractivity contribution is -0.123. The number of imide groups is 2. The third kappa shape index (κ3) is 2.39. The molecule has 2 N–H and O–H groups in total. The third-order valence-electron chi connectivity index (χ3n) is 2.30. The first-order chi connectivity index (χ1) is 8.06. The van der Waals surface area contributed by atoms with Crippen LogP contribution in [0.25, 0.3) is 6.08 Å². The molecule has 0 saturated carbocycles. The maximum atomic E-state index is 11.4. The summed E-state index contributed by atoms with van der Waals surface area (Å²) < 4.78 is 0. The Morgan fingerprint density at radius 3 is 2.29 bits per heavy atom.